The first-order chi connectivity index (χ1) is 7.22. The molecule has 1 atom stereocenters. The van der Waals surface area contributed by atoms with Crippen LogP contribution in [0.15, 0.2) is 24.5 Å². The third-order valence-corrected chi connectivity index (χ3v) is 2.79. The lowest BCUT2D eigenvalue weighted by Gasteiger charge is -2.07. The molecule has 0 bridgehead atoms. The summed E-state index contributed by atoms with van der Waals surface area (Å²) in [5, 5.41) is 4.34. The summed E-state index contributed by atoms with van der Waals surface area (Å²) in [7, 11) is 0. The van der Waals surface area contributed by atoms with Crippen LogP contribution in [0.1, 0.15) is 18.1 Å². The summed E-state index contributed by atoms with van der Waals surface area (Å²) in [6.07, 6.45) is 4.94. The standard InChI is InChI=1S/C12H17N3/c1-9(7-13)6-11-8-14-15-5-3-4-10(2)12(11)15/h3-5,8-9H,6-7,13H2,1-2H3. The molecule has 2 N–H and O–H groups in total. The number of aromatic nitrogens is 2. The van der Waals surface area contributed by atoms with E-state index in [9.17, 15) is 0 Å². The number of aryl methyl sites for hydroxylation is 1. The quantitative estimate of drug-likeness (QED) is 0.826. The van der Waals surface area contributed by atoms with Gasteiger partial charge in [0.1, 0.15) is 0 Å². The topological polar surface area (TPSA) is 43.3 Å². The lowest BCUT2D eigenvalue weighted by molar-refractivity contribution is 0.595. The SMILES string of the molecule is Cc1cccn2ncc(CC(C)CN)c12. The van der Waals surface area contributed by atoms with Crippen molar-refractivity contribution in [3.8, 4) is 0 Å². The Morgan fingerprint density at radius 1 is 1.53 bits per heavy atom. The molecule has 0 radical (unpaired) electrons. The van der Waals surface area contributed by atoms with Crippen LogP contribution in [0.2, 0.25) is 0 Å². The maximum Gasteiger partial charge on any atom is 0.0722 e. The van der Waals surface area contributed by atoms with Crippen molar-refractivity contribution in [1.82, 2.24) is 9.61 Å². The molecule has 3 nitrogen and oxygen atoms in total. The van der Waals surface area contributed by atoms with Crippen LogP contribution in [0.4, 0.5) is 0 Å². The molecule has 2 rings (SSSR count). The highest BCUT2D eigenvalue weighted by molar-refractivity contribution is 5.59. The summed E-state index contributed by atoms with van der Waals surface area (Å²) in [4.78, 5) is 0. The molecule has 0 saturated heterocycles. The first-order valence-corrected chi connectivity index (χ1v) is 5.34. The monoisotopic (exact) mass is 203 g/mol. The van der Waals surface area contributed by atoms with Crippen LogP contribution < -0.4 is 5.73 Å². The lowest BCUT2D eigenvalue weighted by Crippen LogP contribution is -2.13. The van der Waals surface area contributed by atoms with E-state index in [1.807, 2.05) is 23.0 Å². The molecule has 2 aromatic rings. The number of nitrogens with zero attached hydrogens (tertiary/aromatic N) is 2. The van der Waals surface area contributed by atoms with Gasteiger partial charge in [0.15, 0.2) is 0 Å². The summed E-state index contributed by atoms with van der Waals surface area (Å²) in [6.45, 7) is 5.01. The van der Waals surface area contributed by atoms with E-state index in [-0.39, 0.29) is 0 Å². The molecule has 2 heterocycles. The third kappa shape index (κ3) is 1.88. The molecule has 2 aromatic heterocycles. The van der Waals surface area contributed by atoms with Gasteiger partial charge in [0.25, 0.3) is 0 Å². The van der Waals surface area contributed by atoms with Crippen molar-refractivity contribution in [2.45, 2.75) is 20.3 Å². The summed E-state index contributed by atoms with van der Waals surface area (Å²) in [6, 6.07) is 4.14. The van der Waals surface area contributed by atoms with Crippen molar-refractivity contribution in [3.63, 3.8) is 0 Å². The molecule has 0 saturated carbocycles. The summed E-state index contributed by atoms with van der Waals surface area (Å²) in [5.74, 6) is 0.512. The lowest BCUT2D eigenvalue weighted by atomic mass is 10.0. The predicted octanol–water partition coefficient (Wildman–Crippen LogP) is 1.78. The maximum atomic E-state index is 5.64. The first kappa shape index (κ1) is 10.2. The van der Waals surface area contributed by atoms with Crippen LogP contribution in [-0.2, 0) is 6.42 Å². The van der Waals surface area contributed by atoms with Crippen LogP contribution in [-0.4, -0.2) is 16.2 Å². The number of hydrogen-bond acceptors (Lipinski definition) is 2. The van der Waals surface area contributed by atoms with Crippen molar-refractivity contribution in [3.05, 3.63) is 35.7 Å². The Morgan fingerprint density at radius 3 is 3.07 bits per heavy atom. The van der Waals surface area contributed by atoms with Gasteiger partial charge in [0.2, 0.25) is 0 Å². The minimum absolute atomic E-state index is 0.512. The van der Waals surface area contributed by atoms with E-state index in [1.165, 1.54) is 16.6 Å². The van der Waals surface area contributed by atoms with Gasteiger partial charge in [-0.05, 0) is 43.0 Å². The second-order valence-electron chi connectivity index (χ2n) is 4.20. The number of pyridine rings is 1. The van der Waals surface area contributed by atoms with E-state index in [0.29, 0.717) is 5.92 Å². The Kier molecular flexibility index (Phi) is 2.73. The highest BCUT2D eigenvalue weighted by Crippen LogP contribution is 2.17. The predicted molar refractivity (Wildman–Crippen MR) is 61.9 cm³/mol. The first-order valence-electron chi connectivity index (χ1n) is 5.34. The van der Waals surface area contributed by atoms with Gasteiger partial charge in [0, 0.05) is 6.20 Å². The molecular formula is C12H17N3. The summed E-state index contributed by atoms with van der Waals surface area (Å²) < 4.78 is 1.94. The van der Waals surface area contributed by atoms with Crippen LogP contribution >= 0.6 is 0 Å². The molecule has 15 heavy (non-hydrogen) atoms. The van der Waals surface area contributed by atoms with Crippen molar-refractivity contribution in [2.75, 3.05) is 6.54 Å². The van der Waals surface area contributed by atoms with Gasteiger partial charge in [0.05, 0.1) is 11.7 Å². The normalized spacial score (nSPS) is 13.3. The highest BCUT2D eigenvalue weighted by Gasteiger charge is 2.09. The average Bonchev–Trinajstić information content (AvgIpc) is 2.63. The van der Waals surface area contributed by atoms with Crippen molar-refractivity contribution >= 4 is 5.52 Å². The number of rotatable bonds is 3. The van der Waals surface area contributed by atoms with Crippen molar-refractivity contribution < 1.29 is 0 Å². The fourth-order valence-corrected chi connectivity index (χ4v) is 1.90. The Morgan fingerprint density at radius 2 is 2.33 bits per heavy atom. The van der Waals surface area contributed by atoms with Gasteiger partial charge in [-0.25, -0.2) is 4.52 Å². The molecule has 1 unspecified atom stereocenters. The number of hydrogen-bond donors (Lipinski definition) is 1. The van der Waals surface area contributed by atoms with Gasteiger partial charge in [-0.1, -0.05) is 13.0 Å². The summed E-state index contributed by atoms with van der Waals surface area (Å²) >= 11 is 0. The van der Waals surface area contributed by atoms with Gasteiger partial charge >= 0.3 is 0 Å². The average molecular weight is 203 g/mol. The van der Waals surface area contributed by atoms with E-state index >= 15 is 0 Å². The molecule has 3 heteroatoms. The second-order valence-corrected chi connectivity index (χ2v) is 4.20. The van der Waals surface area contributed by atoms with E-state index in [1.54, 1.807) is 0 Å². The minimum Gasteiger partial charge on any atom is -0.330 e. The van der Waals surface area contributed by atoms with E-state index in [2.05, 4.69) is 25.0 Å². The maximum absolute atomic E-state index is 5.64. The van der Waals surface area contributed by atoms with E-state index < -0.39 is 0 Å². The number of nitrogens with two attached hydrogens (primary N) is 1. The van der Waals surface area contributed by atoms with Crippen LogP contribution in [0.25, 0.3) is 5.52 Å². The smallest absolute Gasteiger partial charge is 0.0722 e. The van der Waals surface area contributed by atoms with Gasteiger partial charge in [-0.15, -0.1) is 0 Å². The van der Waals surface area contributed by atoms with E-state index in [4.69, 9.17) is 5.73 Å². The Hall–Kier alpha value is -1.35. The molecule has 0 spiro atoms. The third-order valence-electron chi connectivity index (χ3n) is 2.79. The molecule has 80 valence electrons. The van der Waals surface area contributed by atoms with Gasteiger partial charge in [-0.3, -0.25) is 0 Å². The molecule has 0 aromatic carbocycles. The Bertz CT molecular complexity index is 459. The Balaban J connectivity index is 2.43. The molecule has 0 fully saturated rings. The van der Waals surface area contributed by atoms with Crippen molar-refractivity contribution in [2.24, 2.45) is 11.7 Å². The zero-order chi connectivity index (χ0) is 10.8. The van der Waals surface area contributed by atoms with Crippen LogP contribution in [0, 0.1) is 12.8 Å². The fraction of sp³-hybridized carbons (Fsp3) is 0.417. The Labute approximate surface area is 89.9 Å². The second kappa shape index (κ2) is 4.03. The van der Waals surface area contributed by atoms with Crippen molar-refractivity contribution in [1.29, 1.82) is 0 Å². The molecule has 0 aliphatic heterocycles. The fourth-order valence-electron chi connectivity index (χ4n) is 1.90. The zero-order valence-electron chi connectivity index (χ0n) is 9.27. The number of fused-ring (bicyclic) bond motifs is 1. The van der Waals surface area contributed by atoms with Crippen LogP contribution in [0.3, 0.4) is 0 Å². The zero-order valence-corrected chi connectivity index (χ0v) is 9.27. The molecular weight excluding hydrogens is 186 g/mol. The molecule has 0 aliphatic rings. The van der Waals surface area contributed by atoms with E-state index in [0.717, 1.165) is 13.0 Å². The van der Waals surface area contributed by atoms with Crippen LogP contribution in [0.5, 0.6) is 0 Å². The van der Waals surface area contributed by atoms with Gasteiger partial charge < -0.3 is 5.73 Å². The molecule has 0 aliphatic carbocycles. The largest absolute Gasteiger partial charge is 0.330 e. The highest BCUT2D eigenvalue weighted by atomic mass is 15.2. The molecule has 0 amide bonds. The van der Waals surface area contributed by atoms with Gasteiger partial charge in [-0.2, -0.15) is 5.10 Å². The summed E-state index contributed by atoms with van der Waals surface area (Å²) in [5.41, 5.74) is 9.45. The minimum atomic E-state index is 0.512.